The smallest absolute Gasteiger partial charge is 0.0587 e. The van der Waals surface area contributed by atoms with Gasteiger partial charge >= 0.3 is 0 Å². The second-order valence-corrected chi connectivity index (χ2v) is 4.16. The normalized spacial score (nSPS) is 23.1. The third-order valence-corrected chi connectivity index (χ3v) is 2.60. The minimum atomic E-state index is 0.628. The van der Waals surface area contributed by atoms with Gasteiger partial charge < -0.3 is 14.8 Å². The molecule has 0 aromatic carbocycles. The largest absolute Gasteiger partial charge is 0.383 e. The van der Waals surface area contributed by atoms with Crippen molar-refractivity contribution in [1.82, 2.24) is 5.32 Å². The molecule has 0 spiro atoms. The van der Waals surface area contributed by atoms with Crippen LogP contribution in [-0.4, -0.2) is 40.0 Å². The van der Waals surface area contributed by atoms with Gasteiger partial charge in [0.2, 0.25) is 0 Å². The van der Waals surface area contributed by atoms with E-state index in [9.17, 15) is 0 Å². The molecule has 1 aliphatic heterocycles. The number of hydrogen-bond donors (Lipinski definition) is 1. The quantitative estimate of drug-likeness (QED) is 0.537. The molecule has 0 aliphatic carbocycles. The topological polar surface area (TPSA) is 30.5 Å². The molecular formula is C12H23NO2. The summed E-state index contributed by atoms with van der Waals surface area (Å²) in [5.74, 6) is 0.628. The van der Waals surface area contributed by atoms with Crippen LogP contribution in [0.15, 0.2) is 11.6 Å². The summed E-state index contributed by atoms with van der Waals surface area (Å²) in [6.45, 7) is 6.67. The van der Waals surface area contributed by atoms with E-state index in [1.807, 2.05) is 0 Å². The molecule has 0 amide bonds. The zero-order valence-corrected chi connectivity index (χ0v) is 9.92. The Balaban J connectivity index is 2.13. The fraction of sp³-hybridized carbons (Fsp3) is 0.833. The maximum Gasteiger partial charge on any atom is 0.0587 e. The molecule has 0 radical (unpaired) electrons. The molecule has 3 heteroatoms. The van der Waals surface area contributed by atoms with Gasteiger partial charge in [-0.2, -0.15) is 0 Å². The molecule has 1 N–H and O–H groups in total. The first kappa shape index (κ1) is 12.7. The van der Waals surface area contributed by atoms with Crippen molar-refractivity contribution in [1.29, 1.82) is 0 Å². The van der Waals surface area contributed by atoms with Crippen molar-refractivity contribution in [2.24, 2.45) is 5.92 Å². The molecule has 15 heavy (non-hydrogen) atoms. The minimum absolute atomic E-state index is 0.628. The number of nitrogens with one attached hydrogen (secondary N) is 1. The van der Waals surface area contributed by atoms with Crippen LogP contribution >= 0.6 is 0 Å². The third kappa shape index (κ3) is 5.92. The van der Waals surface area contributed by atoms with Crippen LogP contribution in [0, 0.1) is 5.92 Å². The summed E-state index contributed by atoms with van der Waals surface area (Å²) in [6.07, 6.45) is 4.82. The standard InChI is InChI=1S/C12H23NO2/c1-11(9-13-5-7-14-2)8-12-4-3-6-15-10-12/h8,12-13H,3-7,9-10H2,1-2H3. The first-order valence-electron chi connectivity index (χ1n) is 5.77. The van der Waals surface area contributed by atoms with Crippen LogP contribution in [-0.2, 0) is 9.47 Å². The van der Waals surface area contributed by atoms with Crippen molar-refractivity contribution >= 4 is 0 Å². The Hall–Kier alpha value is -0.380. The van der Waals surface area contributed by atoms with Crippen LogP contribution in [0.1, 0.15) is 19.8 Å². The van der Waals surface area contributed by atoms with Crippen LogP contribution in [0.2, 0.25) is 0 Å². The molecule has 1 aliphatic rings. The predicted molar refractivity (Wildman–Crippen MR) is 62.0 cm³/mol. The lowest BCUT2D eigenvalue weighted by Gasteiger charge is -2.19. The van der Waals surface area contributed by atoms with Crippen molar-refractivity contribution in [3.05, 3.63) is 11.6 Å². The van der Waals surface area contributed by atoms with Crippen LogP contribution in [0.5, 0.6) is 0 Å². The van der Waals surface area contributed by atoms with Crippen molar-refractivity contribution in [3.63, 3.8) is 0 Å². The second-order valence-electron chi connectivity index (χ2n) is 4.16. The van der Waals surface area contributed by atoms with Gasteiger partial charge in [-0.1, -0.05) is 11.6 Å². The summed E-state index contributed by atoms with van der Waals surface area (Å²) in [7, 11) is 1.73. The molecule has 0 aromatic rings. The minimum Gasteiger partial charge on any atom is -0.383 e. The average molecular weight is 213 g/mol. The molecule has 0 bridgehead atoms. The van der Waals surface area contributed by atoms with E-state index in [2.05, 4.69) is 18.3 Å². The molecular weight excluding hydrogens is 190 g/mol. The zero-order valence-electron chi connectivity index (χ0n) is 9.92. The molecule has 1 fully saturated rings. The Kier molecular flexibility index (Phi) is 6.64. The van der Waals surface area contributed by atoms with E-state index in [4.69, 9.17) is 9.47 Å². The maximum absolute atomic E-state index is 5.44. The van der Waals surface area contributed by atoms with E-state index < -0.39 is 0 Å². The molecule has 88 valence electrons. The lowest BCUT2D eigenvalue weighted by atomic mass is 9.99. The van der Waals surface area contributed by atoms with Crippen LogP contribution in [0.25, 0.3) is 0 Å². The van der Waals surface area contributed by atoms with Crippen molar-refractivity contribution in [2.45, 2.75) is 19.8 Å². The van der Waals surface area contributed by atoms with Gasteiger partial charge in [0.25, 0.3) is 0 Å². The first-order chi connectivity index (χ1) is 7.33. The summed E-state index contributed by atoms with van der Waals surface area (Å²) in [5, 5.41) is 3.34. The summed E-state index contributed by atoms with van der Waals surface area (Å²) in [5.41, 5.74) is 1.40. The summed E-state index contributed by atoms with van der Waals surface area (Å²) < 4.78 is 10.4. The van der Waals surface area contributed by atoms with E-state index in [0.29, 0.717) is 5.92 Å². The van der Waals surface area contributed by atoms with Gasteiger partial charge in [0.15, 0.2) is 0 Å². The summed E-state index contributed by atoms with van der Waals surface area (Å²) >= 11 is 0. The lowest BCUT2D eigenvalue weighted by molar-refractivity contribution is 0.0707. The van der Waals surface area contributed by atoms with Crippen LogP contribution in [0.3, 0.4) is 0 Å². The highest BCUT2D eigenvalue weighted by atomic mass is 16.5. The highest BCUT2D eigenvalue weighted by molar-refractivity contribution is 5.03. The van der Waals surface area contributed by atoms with Crippen molar-refractivity contribution < 1.29 is 9.47 Å². The SMILES string of the molecule is COCCNCC(C)=CC1CCCOC1. The molecule has 1 atom stereocenters. The van der Waals surface area contributed by atoms with E-state index >= 15 is 0 Å². The van der Waals surface area contributed by atoms with Crippen molar-refractivity contribution in [3.8, 4) is 0 Å². The van der Waals surface area contributed by atoms with Gasteiger partial charge in [-0.15, -0.1) is 0 Å². The Morgan fingerprint density at radius 2 is 2.47 bits per heavy atom. The predicted octanol–water partition coefficient (Wildman–Crippen LogP) is 1.60. The van der Waals surface area contributed by atoms with E-state index in [1.165, 1.54) is 18.4 Å². The van der Waals surface area contributed by atoms with Gasteiger partial charge in [-0.3, -0.25) is 0 Å². The van der Waals surface area contributed by atoms with Gasteiger partial charge in [0.05, 0.1) is 13.2 Å². The van der Waals surface area contributed by atoms with Crippen molar-refractivity contribution in [2.75, 3.05) is 40.0 Å². The molecule has 1 rings (SSSR count). The molecule has 1 heterocycles. The highest BCUT2D eigenvalue weighted by Crippen LogP contribution is 2.16. The van der Waals surface area contributed by atoms with Crippen LogP contribution in [0.4, 0.5) is 0 Å². The average Bonchev–Trinajstić information content (AvgIpc) is 2.26. The van der Waals surface area contributed by atoms with Crippen LogP contribution < -0.4 is 5.32 Å². The van der Waals surface area contributed by atoms with Gasteiger partial charge in [0.1, 0.15) is 0 Å². The summed E-state index contributed by atoms with van der Waals surface area (Å²) in [6, 6.07) is 0. The first-order valence-corrected chi connectivity index (χ1v) is 5.77. The van der Waals surface area contributed by atoms with Gasteiger partial charge in [-0.05, 0) is 19.8 Å². The van der Waals surface area contributed by atoms with E-state index in [0.717, 1.165) is 32.9 Å². The Morgan fingerprint density at radius 3 is 3.13 bits per heavy atom. The fourth-order valence-corrected chi connectivity index (χ4v) is 1.82. The Labute approximate surface area is 92.8 Å². The molecule has 0 saturated carbocycles. The third-order valence-electron chi connectivity index (χ3n) is 2.60. The molecule has 3 nitrogen and oxygen atoms in total. The zero-order chi connectivity index (χ0) is 10.9. The monoisotopic (exact) mass is 213 g/mol. The highest BCUT2D eigenvalue weighted by Gasteiger charge is 2.10. The van der Waals surface area contributed by atoms with Gasteiger partial charge in [0, 0.05) is 32.7 Å². The molecule has 1 unspecified atom stereocenters. The Morgan fingerprint density at radius 1 is 1.60 bits per heavy atom. The molecule has 0 aromatic heterocycles. The number of rotatable bonds is 6. The number of ether oxygens (including phenoxy) is 2. The van der Waals surface area contributed by atoms with E-state index in [-0.39, 0.29) is 0 Å². The van der Waals surface area contributed by atoms with E-state index in [1.54, 1.807) is 7.11 Å². The maximum atomic E-state index is 5.44. The lowest BCUT2D eigenvalue weighted by Crippen LogP contribution is -2.22. The number of methoxy groups -OCH3 is 1. The Bertz CT molecular complexity index is 186. The fourth-order valence-electron chi connectivity index (χ4n) is 1.82. The summed E-state index contributed by atoms with van der Waals surface area (Å²) in [4.78, 5) is 0. The van der Waals surface area contributed by atoms with Gasteiger partial charge in [-0.25, -0.2) is 0 Å². The number of hydrogen-bond acceptors (Lipinski definition) is 3. The second kappa shape index (κ2) is 7.85. The molecule has 1 saturated heterocycles.